The number of hydrogen-bond donors (Lipinski definition) is 1. The second kappa shape index (κ2) is 21.6. The van der Waals surface area contributed by atoms with E-state index in [1.165, 1.54) is 65.7 Å². The van der Waals surface area contributed by atoms with Crippen LogP contribution in [0.4, 0.5) is 0 Å². The van der Waals surface area contributed by atoms with Gasteiger partial charge >= 0.3 is 0 Å². The highest BCUT2D eigenvalue weighted by molar-refractivity contribution is 5.84. The van der Waals surface area contributed by atoms with Gasteiger partial charge in [-0.25, -0.2) is 0 Å². The molecule has 0 radical (unpaired) electrons. The average molecular weight is 560 g/mol. The summed E-state index contributed by atoms with van der Waals surface area (Å²) in [4.78, 5) is 11.7. The molecule has 0 fully saturated rings. The van der Waals surface area contributed by atoms with E-state index in [1.807, 2.05) is 6.07 Å². The molecule has 4 heteroatoms. The van der Waals surface area contributed by atoms with E-state index in [4.69, 9.17) is 4.74 Å². The number of para-hydroxylation sites is 1. The molecule has 0 unspecified atom stereocenters. The Kier molecular flexibility index (Phi) is 18.0. The Morgan fingerprint density at radius 2 is 1.44 bits per heavy atom. The molecule has 0 amide bonds. The summed E-state index contributed by atoms with van der Waals surface area (Å²) < 4.78 is 5.99. The molecule has 1 aliphatic rings. The molecule has 0 saturated heterocycles. The highest BCUT2D eigenvalue weighted by Crippen LogP contribution is 2.36. The number of carboxylic acids is 1. The Morgan fingerprint density at radius 1 is 0.805 bits per heavy atom. The fourth-order valence-corrected chi connectivity index (χ4v) is 4.83. The summed E-state index contributed by atoms with van der Waals surface area (Å²) in [5.74, 6) is 0.0628. The van der Waals surface area contributed by atoms with Crippen molar-refractivity contribution in [3.63, 3.8) is 0 Å². The van der Waals surface area contributed by atoms with Crippen molar-refractivity contribution in [2.45, 2.75) is 97.0 Å². The lowest BCUT2D eigenvalue weighted by molar-refractivity contribution is -0.857. The van der Waals surface area contributed by atoms with Crippen molar-refractivity contribution in [2.75, 3.05) is 20.6 Å². The maximum atomic E-state index is 10.2. The van der Waals surface area contributed by atoms with Gasteiger partial charge in [0.05, 0.1) is 20.6 Å². The SMILES string of the molecule is CCCCC/C=C\C/C=C\CCCCCCCC(=O)[O-].C[NH+](C)CC/C=C1/c2ccccc2COc2ccccc21. The Hall–Kier alpha value is -3.11. The van der Waals surface area contributed by atoms with Gasteiger partial charge in [0, 0.05) is 18.0 Å². The van der Waals surface area contributed by atoms with Gasteiger partial charge in [0.2, 0.25) is 0 Å². The van der Waals surface area contributed by atoms with E-state index >= 15 is 0 Å². The zero-order chi connectivity index (χ0) is 29.5. The lowest BCUT2D eigenvalue weighted by Gasteiger charge is -2.11. The Labute approximate surface area is 249 Å². The molecule has 2 aromatic carbocycles. The topological polar surface area (TPSA) is 53.8 Å². The maximum absolute atomic E-state index is 10.2. The molecule has 224 valence electrons. The zero-order valence-corrected chi connectivity index (χ0v) is 25.8. The van der Waals surface area contributed by atoms with Gasteiger partial charge in [0.1, 0.15) is 12.4 Å². The van der Waals surface area contributed by atoms with Crippen LogP contribution in [0.5, 0.6) is 5.75 Å². The third-order valence-corrected chi connectivity index (χ3v) is 7.19. The third-order valence-electron chi connectivity index (χ3n) is 7.19. The third kappa shape index (κ3) is 14.9. The number of benzene rings is 2. The normalized spacial score (nSPS) is 13.5. The van der Waals surface area contributed by atoms with Crippen LogP contribution in [0.25, 0.3) is 5.57 Å². The molecular formula is C37H53NO3. The number of rotatable bonds is 17. The summed E-state index contributed by atoms with van der Waals surface area (Å²) in [6, 6.07) is 16.9. The number of carbonyl (C=O) groups excluding carboxylic acids is 1. The number of nitrogens with one attached hydrogen (secondary N) is 1. The molecular weight excluding hydrogens is 506 g/mol. The molecule has 3 rings (SSSR count). The number of carbonyl (C=O) groups is 1. The highest BCUT2D eigenvalue weighted by Gasteiger charge is 2.18. The number of fused-ring (bicyclic) bond motifs is 2. The van der Waals surface area contributed by atoms with Gasteiger partial charge in [0.25, 0.3) is 0 Å². The monoisotopic (exact) mass is 559 g/mol. The van der Waals surface area contributed by atoms with Crippen molar-refractivity contribution in [2.24, 2.45) is 0 Å². The highest BCUT2D eigenvalue weighted by atomic mass is 16.5. The number of ether oxygens (including phenoxy) is 1. The minimum Gasteiger partial charge on any atom is -0.550 e. The summed E-state index contributed by atoms with van der Waals surface area (Å²) in [7, 11) is 4.38. The lowest BCUT2D eigenvalue weighted by atomic mass is 9.93. The number of aliphatic carboxylic acids is 1. The summed E-state index contributed by atoms with van der Waals surface area (Å²) in [5.41, 5.74) is 5.07. The van der Waals surface area contributed by atoms with Gasteiger partial charge in [-0.2, -0.15) is 0 Å². The fraction of sp³-hybridized carbons (Fsp3) is 0.486. The van der Waals surface area contributed by atoms with E-state index in [-0.39, 0.29) is 6.42 Å². The minimum atomic E-state index is -0.921. The van der Waals surface area contributed by atoms with Crippen molar-refractivity contribution in [1.82, 2.24) is 0 Å². The van der Waals surface area contributed by atoms with Crippen molar-refractivity contribution >= 4 is 11.5 Å². The summed E-state index contributed by atoms with van der Waals surface area (Å²) >= 11 is 0. The second-order valence-corrected chi connectivity index (χ2v) is 11.2. The van der Waals surface area contributed by atoms with Crippen molar-refractivity contribution < 1.29 is 19.5 Å². The first kappa shape index (κ1) is 34.1. The largest absolute Gasteiger partial charge is 0.550 e. The molecule has 1 aliphatic heterocycles. The molecule has 0 saturated carbocycles. The van der Waals surface area contributed by atoms with Gasteiger partial charge in [-0.15, -0.1) is 0 Å². The average Bonchev–Trinajstić information content (AvgIpc) is 3.12. The van der Waals surface area contributed by atoms with E-state index in [0.29, 0.717) is 6.61 Å². The van der Waals surface area contributed by atoms with Crippen LogP contribution in [0.3, 0.4) is 0 Å². The van der Waals surface area contributed by atoms with E-state index in [2.05, 4.69) is 93.9 Å². The van der Waals surface area contributed by atoms with E-state index in [0.717, 1.165) is 50.8 Å². The van der Waals surface area contributed by atoms with Gasteiger partial charge in [-0.1, -0.05) is 112 Å². The van der Waals surface area contributed by atoms with Gasteiger partial charge < -0.3 is 19.5 Å². The summed E-state index contributed by atoms with van der Waals surface area (Å²) in [6.45, 7) is 4.01. The molecule has 0 atom stereocenters. The van der Waals surface area contributed by atoms with Gasteiger partial charge in [0.15, 0.2) is 0 Å². The van der Waals surface area contributed by atoms with Crippen LogP contribution in [0.2, 0.25) is 0 Å². The molecule has 41 heavy (non-hydrogen) atoms. The number of unbranched alkanes of at least 4 members (excludes halogenated alkanes) is 8. The Balaban J connectivity index is 0.000000288. The molecule has 0 aromatic heterocycles. The predicted molar refractivity (Wildman–Crippen MR) is 171 cm³/mol. The van der Waals surface area contributed by atoms with Crippen LogP contribution in [0, 0.1) is 0 Å². The maximum Gasteiger partial charge on any atom is 0.127 e. The molecule has 4 nitrogen and oxygen atoms in total. The van der Waals surface area contributed by atoms with E-state index in [9.17, 15) is 9.90 Å². The van der Waals surface area contributed by atoms with Crippen LogP contribution in [0.15, 0.2) is 78.9 Å². The van der Waals surface area contributed by atoms with Gasteiger partial charge in [-0.3, -0.25) is 0 Å². The van der Waals surface area contributed by atoms with Crippen LogP contribution >= 0.6 is 0 Å². The van der Waals surface area contributed by atoms with Crippen LogP contribution in [-0.4, -0.2) is 26.6 Å². The van der Waals surface area contributed by atoms with Crippen LogP contribution in [0.1, 0.15) is 107 Å². The van der Waals surface area contributed by atoms with Crippen molar-refractivity contribution in [3.8, 4) is 5.75 Å². The first-order valence-electron chi connectivity index (χ1n) is 15.8. The smallest absolute Gasteiger partial charge is 0.127 e. The summed E-state index contributed by atoms with van der Waals surface area (Å²) in [6.07, 6.45) is 25.4. The minimum absolute atomic E-state index is 0.213. The second-order valence-electron chi connectivity index (χ2n) is 11.2. The zero-order valence-electron chi connectivity index (χ0n) is 25.8. The van der Waals surface area contributed by atoms with Gasteiger partial charge in [-0.05, 0) is 67.7 Å². The predicted octanol–water partition coefficient (Wildman–Crippen LogP) is 7.10. The summed E-state index contributed by atoms with van der Waals surface area (Å²) in [5, 5.41) is 10.2. The Morgan fingerprint density at radius 3 is 2.15 bits per heavy atom. The van der Waals surface area contributed by atoms with Crippen LogP contribution < -0.4 is 14.7 Å². The fourth-order valence-electron chi connectivity index (χ4n) is 4.83. The molecule has 0 aliphatic carbocycles. The standard InChI is InChI=1S/C19H21NO.C18H32O2/c1-20(2)13-7-11-17-16-9-4-3-8-15(16)14-21-19-12-6-5-10-18(17)19;1-2-3-4-5-6-7-8-9-10-11-12-13-14-15-16-17-18(19)20/h3-6,8-12H,7,13-14H2,1-2H3;6-7,9-10H,2-5,8,11-17H2,1H3,(H,19,20)/b17-11-;7-6-,10-9-. The first-order chi connectivity index (χ1) is 20.0. The number of hydrogen-bond acceptors (Lipinski definition) is 3. The molecule has 1 heterocycles. The number of quaternary nitrogens is 1. The van der Waals surface area contributed by atoms with Crippen molar-refractivity contribution in [3.05, 3.63) is 95.6 Å². The molecule has 2 aromatic rings. The number of allylic oxidation sites excluding steroid dienone is 4. The van der Waals surface area contributed by atoms with E-state index in [1.54, 1.807) is 0 Å². The van der Waals surface area contributed by atoms with Crippen molar-refractivity contribution in [1.29, 1.82) is 0 Å². The van der Waals surface area contributed by atoms with Crippen LogP contribution in [-0.2, 0) is 11.4 Å². The lowest BCUT2D eigenvalue weighted by Crippen LogP contribution is -3.05. The first-order valence-corrected chi connectivity index (χ1v) is 15.8. The molecule has 0 bridgehead atoms. The molecule has 0 spiro atoms. The Bertz CT molecular complexity index is 1030. The molecule has 1 N–H and O–H groups in total. The number of carboxylic acid groups (broad SMARTS) is 1. The quantitative estimate of drug-likeness (QED) is 0.166. The van der Waals surface area contributed by atoms with E-state index < -0.39 is 5.97 Å².